The van der Waals surface area contributed by atoms with Crippen LogP contribution in [0, 0.1) is 6.92 Å². The van der Waals surface area contributed by atoms with E-state index in [0.29, 0.717) is 30.3 Å². The molecule has 3 aromatic carbocycles. The summed E-state index contributed by atoms with van der Waals surface area (Å²) in [6.45, 7) is 4.79. The molecule has 1 amide bonds. The average Bonchev–Trinajstić information content (AvgIpc) is 2.89. The zero-order valence-electron chi connectivity index (χ0n) is 19.4. The van der Waals surface area contributed by atoms with Crippen LogP contribution in [-0.2, 0) is 19.6 Å². The largest absolute Gasteiger partial charge is 0.476 e. The fraction of sp³-hybridized carbons (Fsp3) is 0.269. The Morgan fingerprint density at radius 2 is 1.69 bits per heavy atom. The molecule has 8 nitrogen and oxygen atoms in total. The van der Waals surface area contributed by atoms with Crippen molar-refractivity contribution in [2.24, 2.45) is 0 Å². The lowest BCUT2D eigenvalue weighted by Gasteiger charge is -2.35. The lowest BCUT2D eigenvalue weighted by atomic mass is 10.1. The van der Waals surface area contributed by atoms with Crippen molar-refractivity contribution < 1.29 is 22.7 Å². The predicted molar refractivity (Wildman–Crippen MR) is 135 cm³/mol. The first-order chi connectivity index (χ1) is 16.9. The minimum Gasteiger partial charge on any atom is -0.476 e. The van der Waals surface area contributed by atoms with Crippen LogP contribution in [0.1, 0.15) is 5.56 Å². The number of sulfonamides is 1. The number of aryl methyl sites for hydroxylation is 1. The normalized spacial score (nSPS) is 17.9. The maximum atomic E-state index is 13.5. The van der Waals surface area contributed by atoms with Crippen molar-refractivity contribution >= 4 is 33.0 Å². The van der Waals surface area contributed by atoms with E-state index in [1.54, 1.807) is 42.5 Å². The molecular formula is C26H27N3O5S. The van der Waals surface area contributed by atoms with Gasteiger partial charge in [0, 0.05) is 24.5 Å². The monoisotopic (exact) mass is 493 g/mol. The summed E-state index contributed by atoms with van der Waals surface area (Å²) in [5.74, 6) is -0.0622. The van der Waals surface area contributed by atoms with Gasteiger partial charge in [0.25, 0.3) is 15.9 Å². The minimum atomic E-state index is -3.89. The maximum absolute atomic E-state index is 13.5. The van der Waals surface area contributed by atoms with Crippen molar-refractivity contribution in [2.75, 3.05) is 47.4 Å². The molecule has 35 heavy (non-hydrogen) atoms. The first-order valence-corrected chi connectivity index (χ1v) is 12.9. The molecule has 0 saturated carbocycles. The Kier molecular flexibility index (Phi) is 6.36. The van der Waals surface area contributed by atoms with Gasteiger partial charge >= 0.3 is 0 Å². The molecule has 1 fully saturated rings. The van der Waals surface area contributed by atoms with Gasteiger partial charge in [0.15, 0.2) is 6.10 Å². The van der Waals surface area contributed by atoms with Crippen molar-refractivity contribution in [3.05, 3.63) is 78.4 Å². The van der Waals surface area contributed by atoms with E-state index in [9.17, 15) is 13.2 Å². The van der Waals surface area contributed by atoms with E-state index in [4.69, 9.17) is 9.47 Å². The van der Waals surface area contributed by atoms with Crippen LogP contribution in [0.15, 0.2) is 77.7 Å². The van der Waals surface area contributed by atoms with E-state index in [0.717, 1.165) is 24.3 Å². The van der Waals surface area contributed by atoms with Crippen LogP contribution in [-0.4, -0.2) is 53.3 Å². The molecule has 0 spiro atoms. The molecule has 2 heterocycles. The Morgan fingerprint density at radius 3 is 2.40 bits per heavy atom. The van der Waals surface area contributed by atoms with E-state index >= 15 is 0 Å². The Morgan fingerprint density at radius 1 is 0.971 bits per heavy atom. The minimum absolute atomic E-state index is 0.134. The van der Waals surface area contributed by atoms with E-state index in [1.807, 2.05) is 37.3 Å². The van der Waals surface area contributed by atoms with E-state index in [-0.39, 0.29) is 11.4 Å². The molecule has 0 aromatic heterocycles. The second-order valence-electron chi connectivity index (χ2n) is 8.56. The Balaban J connectivity index is 1.37. The number of anilines is 3. The third kappa shape index (κ3) is 4.82. The van der Waals surface area contributed by atoms with Crippen LogP contribution < -0.4 is 19.3 Å². The third-order valence-electron chi connectivity index (χ3n) is 6.12. The summed E-state index contributed by atoms with van der Waals surface area (Å²) in [4.78, 5) is 15.5. The number of carbonyl (C=O) groups is 1. The van der Waals surface area contributed by atoms with Crippen LogP contribution >= 0.6 is 0 Å². The molecule has 9 heteroatoms. The number of morpholine rings is 1. The molecule has 2 aliphatic rings. The number of nitrogens with zero attached hydrogens (tertiary/aromatic N) is 2. The topological polar surface area (TPSA) is 88.2 Å². The van der Waals surface area contributed by atoms with Crippen molar-refractivity contribution in [1.82, 2.24) is 0 Å². The van der Waals surface area contributed by atoms with Crippen LogP contribution in [0.3, 0.4) is 0 Å². The van der Waals surface area contributed by atoms with E-state index < -0.39 is 22.0 Å². The van der Waals surface area contributed by atoms with Gasteiger partial charge in [-0.2, -0.15) is 0 Å². The number of carbonyl (C=O) groups excluding carboxylic acids is 1. The molecule has 1 saturated heterocycles. The number of fused-ring (bicyclic) bond motifs is 1. The van der Waals surface area contributed by atoms with E-state index in [1.165, 1.54) is 4.31 Å². The highest BCUT2D eigenvalue weighted by Crippen LogP contribution is 2.38. The van der Waals surface area contributed by atoms with Gasteiger partial charge in [-0.1, -0.05) is 24.3 Å². The number of rotatable bonds is 5. The summed E-state index contributed by atoms with van der Waals surface area (Å²) in [5.41, 5.74) is 2.99. The molecule has 2 aliphatic heterocycles. The highest BCUT2D eigenvalue weighted by molar-refractivity contribution is 7.92. The zero-order chi connectivity index (χ0) is 24.4. The molecule has 182 valence electrons. The molecule has 0 aliphatic carbocycles. The standard InChI is InChI=1S/C26H27N3O5S/c1-19-7-12-24-23(17-19)29(35(31,32)22-5-3-2-4-6-22)18-25(34-24)26(30)27-20-8-10-21(11-9-20)28-13-15-33-16-14-28/h2-12,17,25H,13-16,18H2,1H3,(H,27,30). The number of hydrogen-bond donors (Lipinski definition) is 1. The summed E-state index contributed by atoms with van der Waals surface area (Å²) in [5, 5.41) is 2.87. The predicted octanol–water partition coefficient (Wildman–Crippen LogP) is 3.43. The average molecular weight is 494 g/mol. The highest BCUT2D eigenvalue weighted by Gasteiger charge is 2.37. The van der Waals surface area contributed by atoms with Crippen molar-refractivity contribution in [1.29, 1.82) is 0 Å². The molecule has 5 rings (SSSR count). The van der Waals surface area contributed by atoms with Gasteiger partial charge in [-0.25, -0.2) is 8.42 Å². The zero-order valence-corrected chi connectivity index (χ0v) is 20.2. The fourth-order valence-corrected chi connectivity index (χ4v) is 5.73. The molecule has 1 atom stereocenters. The van der Waals surface area contributed by atoms with Gasteiger partial charge in [-0.05, 0) is 61.0 Å². The Labute approximate surface area is 205 Å². The number of nitrogens with one attached hydrogen (secondary N) is 1. The molecule has 1 unspecified atom stereocenters. The first-order valence-electron chi connectivity index (χ1n) is 11.5. The third-order valence-corrected chi connectivity index (χ3v) is 7.91. The van der Waals surface area contributed by atoms with Gasteiger partial charge < -0.3 is 19.7 Å². The van der Waals surface area contributed by atoms with Gasteiger partial charge in [0.1, 0.15) is 5.75 Å². The Bertz CT molecular complexity index is 1310. The molecular weight excluding hydrogens is 466 g/mol. The van der Waals surface area contributed by atoms with Crippen LogP contribution in [0.25, 0.3) is 0 Å². The lowest BCUT2D eigenvalue weighted by Crippen LogP contribution is -2.48. The van der Waals surface area contributed by atoms with Gasteiger partial charge in [0.05, 0.1) is 30.3 Å². The smallest absolute Gasteiger partial charge is 0.267 e. The second-order valence-corrected chi connectivity index (χ2v) is 10.4. The SMILES string of the molecule is Cc1ccc2c(c1)N(S(=O)(=O)c1ccccc1)CC(C(=O)Nc1ccc(N3CCOCC3)cc1)O2. The van der Waals surface area contributed by atoms with Crippen molar-refractivity contribution in [3.8, 4) is 5.75 Å². The van der Waals surface area contributed by atoms with Gasteiger partial charge in [-0.3, -0.25) is 9.10 Å². The number of ether oxygens (including phenoxy) is 2. The molecule has 1 N–H and O–H groups in total. The molecule has 0 radical (unpaired) electrons. The maximum Gasteiger partial charge on any atom is 0.267 e. The Hall–Kier alpha value is -3.56. The number of benzene rings is 3. The molecule has 3 aromatic rings. The van der Waals surface area contributed by atoms with Crippen molar-refractivity contribution in [3.63, 3.8) is 0 Å². The summed E-state index contributed by atoms with van der Waals surface area (Å²) >= 11 is 0. The van der Waals surface area contributed by atoms with Crippen LogP contribution in [0.4, 0.5) is 17.1 Å². The lowest BCUT2D eigenvalue weighted by molar-refractivity contribution is -0.122. The molecule has 0 bridgehead atoms. The first kappa shape index (κ1) is 23.2. The summed E-state index contributed by atoms with van der Waals surface area (Å²) < 4.78 is 39.6. The summed E-state index contributed by atoms with van der Waals surface area (Å²) in [6, 6.07) is 21.1. The highest BCUT2D eigenvalue weighted by atomic mass is 32.2. The van der Waals surface area contributed by atoms with Crippen LogP contribution in [0.2, 0.25) is 0 Å². The van der Waals surface area contributed by atoms with Crippen LogP contribution in [0.5, 0.6) is 5.75 Å². The van der Waals surface area contributed by atoms with Gasteiger partial charge in [-0.15, -0.1) is 0 Å². The second kappa shape index (κ2) is 9.59. The quantitative estimate of drug-likeness (QED) is 0.586. The summed E-state index contributed by atoms with van der Waals surface area (Å²) in [6.07, 6.45) is -1.01. The number of hydrogen-bond acceptors (Lipinski definition) is 6. The van der Waals surface area contributed by atoms with Crippen molar-refractivity contribution in [2.45, 2.75) is 17.9 Å². The van der Waals surface area contributed by atoms with E-state index in [2.05, 4.69) is 10.2 Å². The fourth-order valence-electron chi connectivity index (χ4n) is 4.25. The number of amides is 1. The summed E-state index contributed by atoms with van der Waals surface area (Å²) in [7, 11) is -3.89. The van der Waals surface area contributed by atoms with Gasteiger partial charge in [0.2, 0.25) is 0 Å².